The van der Waals surface area contributed by atoms with E-state index in [0.717, 1.165) is 40.9 Å². The van der Waals surface area contributed by atoms with Gasteiger partial charge in [-0.2, -0.15) is 0 Å². The molecule has 3 aromatic rings. The Labute approximate surface area is 211 Å². The monoisotopic (exact) mass is 474 g/mol. The van der Waals surface area contributed by atoms with Gasteiger partial charge < -0.3 is 15.0 Å². The van der Waals surface area contributed by atoms with Gasteiger partial charge in [0.1, 0.15) is 11.6 Å². The third-order valence-electron chi connectivity index (χ3n) is 6.44. The summed E-state index contributed by atoms with van der Waals surface area (Å²) >= 11 is 0. The summed E-state index contributed by atoms with van der Waals surface area (Å²) in [4.78, 5) is 10.8. The number of nitrogens with zero attached hydrogens (tertiary/aromatic N) is 3. The van der Waals surface area contributed by atoms with Crippen molar-refractivity contribution in [2.45, 2.75) is 46.1 Å². The minimum absolute atomic E-state index is 0.692. The fourth-order valence-electron chi connectivity index (χ4n) is 4.39. The molecule has 1 N–H and O–H groups in total. The summed E-state index contributed by atoms with van der Waals surface area (Å²) in [7, 11) is 3.99. The van der Waals surface area contributed by atoms with E-state index in [2.05, 4.69) is 46.5 Å². The molecule has 4 rings (SSSR count). The first-order chi connectivity index (χ1) is 17.0. The van der Waals surface area contributed by atoms with Crippen molar-refractivity contribution in [3.05, 3.63) is 78.1 Å². The van der Waals surface area contributed by atoms with Crippen molar-refractivity contribution in [2.75, 3.05) is 38.7 Å². The van der Waals surface area contributed by atoms with E-state index in [9.17, 15) is 0 Å². The number of fused-ring (bicyclic) bond motifs is 1. The molecule has 0 bridgehead atoms. The molecule has 1 aliphatic rings. The SMILES string of the molecule is CC1CCC(CNC/C=C/COCc2ccccc2)CC1.Cc1nc(N(C)C)c2ccccc2n1. The lowest BCUT2D eigenvalue weighted by molar-refractivity contribution is 0.148. The topological polar surface area (TPSA) is 50.3 Å². The Morgan fingerprint density at radius 2 is 1.66 bits per heavy atom. The summed E-state index contributed by atoms with van der Waals surface area (Å²) in [6.07, 6.45) is 9.91. The number of hydrogen-bond acceptors (Lipinski definition) is 5. The second-order valence-corrected chi connectivity index (χ2v) is 9.76. The van der Waals surface area contributed by atoms with Crippen LogP contribution in [0.4, 0.5) is 5.82 Å². The number of nitrogens with one attached hydrogen (secondary N) is 1. The molecule has 5 nitrogen and oxygen atoms in total. The fraction of sp³-hybridized carbons (Fsp3) is 0.467. The number of anilines is 1. The minimum atomic E-state index is 0.692. The third kappa shape index (κ3) is 9.42. The average Bonchev–Trinajstić information content (AvgIpc) is 2.87. The number of hydrogen-bond donors (Lipinski definition) is 1. The van der Waals surface area contributed by atoms with Crippen LogP contribution < -0.4 is 10.2 Å². The van der Waals surface area contributed by atoms with Gasteiger partial charge in [0.15, 0.2) is 0 Å². The van der Waals surface area contributed by atoms with E-state index in [4.69, 9.17) is 4.74 Å². The molecule has 1 aliphatic carbocycles. The zero-order valence-corrected chi connectivity index (χ0v) is 21.9. The Balaban J connectivity index is 0.000000211. The van der Waals surface area contributed by atoms with Gasteiger partial charge in [-0.3, -0.25) is 0 Å². The quantitative estimate of drug-likeness (QED) is 0.296. The molecular formula is C30H42N4O. The van der Waals surface area contributed by atoms with Crippen LogP contribution in [0.1, 0.15) is 44.0 Å². The van der Waals surface area contributed by atoms with Gasteiger partial charge >= 0.3 is 0 Å². The maximum Gasteiger partial charge on any atom is 0.139 e. The second kappa shape index (κ2) is 14.6. The summed E-state index contributed by atoms with van der Waals surface area (Å²) in [6, 6.07) is 18.4. The average molecular weight is 475 g/mol. The molecule has 0 amide bonds. The van der Waals surface area contributed by atoms with Gasteiger partial charge in [-0.25, -0.2) is 9.97 Å². The Kier molecular flexibility index (Phi) is 11.2. The molecular weight excluding hydrogens is 432 g/mol. The lowest BCUT2D eigenvalue weighted by Crippen LogP contribution is -2.26. The summed E-state index contributed by atoms with van der Waals surface area (Å²) in [5.74, 6) is 3.63. The van der Waals surface area contributed by atoms with E-state index in [1.54, 1.807) is 0 Å². The molecule has 1 heterocycles. The van der Waals surface area contributed by atoms with Gasteiger partial charge in [-0.15, -0.1) is 0 Å². The van der Waals surface area contributed by atoms with Crippen molar-refractivity contribution in [1.82, 2.24) is 15.3 Å². The molecule has 0 aliphatic heterocycles. The molecule has 2 aromatic carbocycles. The molecule has 0 radical (unpaired) electrons. The van der Waals surface area contributed by atoms with E-state index < -0.39 is 0 Å². The van der Waals surface area contributed by atoms with Crippen molar-refractivity contribution in [3.8, 4) is 0 Å². The Morgan fingerprint density at radius 3 is 2.40 bits per heavy atom. The molecule has 1 aromatic heterocycles. The van der Waals surface area contributed by atoms with Gasteiger partial charge in [0.25, 0.3) is 0 Å². The second-order valence-electron chi connectivity index (χ2n) is 9.76. The van der Waals surface area contributed by atoms with Gasteiger partial charge in [-0.05, 0) is 55.8 Å². The number of ether oxygens (including phenoxy) is 1. The van der Waals surface area contributed by atoms with Crippen molar-refractivity contribution >= 4 is 16.7 Å². The third-order valence-corrected chi connectivity index (χ3v) is 6.44. The number of aromatic nitrogens is 2. The fourth-order valence-corrected chi connectivity index (χ4v) is 4.39. The molecule has 1 fully saturated rings. The van der Waals surface area contributed by atoms with Crippen LogP contribution in [-0.2, 0) is 11.3 Å². The summed E-state index contributed by atoms with van der Waals surface area (Å²) in [5.41, 5.74) is 2.24. The molecule has 35 heavy (non-hydrogen) atoms. The molecule has 1 saturated carbocycles. The number of rotatable bonds is 9. The minimum Gasteiger partial charge on any atom is -0.373 e. The van der Waals surface area contributed by atoms with Gasteiger partial charge in [0.2, 0.25) is 0 Å². The van der Waals surface area contributed by atoms with Crippen LogP contribution in [0.15, 0.2) is 66.7 Å². The highest BCUT2D eigenvalue weighted by Gasteiger charge is 2.17. The molecule has 0 unspecified atom stereocenters. The lowest BCUT2D eigenvalue weighted by Gasteiger charge is -2.26. The van der Waals surface area contributed by atoms with Gasteiger partial charge in [-0.1, -0.05) is 74.4 Å². The number of aryl methyl sites for hydroxylation is 1. The molecule has 5 heteroatoms. The summed E-state index contributed by atoms with van der Waals surface area (Å²) < 4.78 is 5.61. The van der Waals surface area contributed by atoms with Crippen LogP contribution in [-0.4, -0.2) is 43.8 Å². The predicted octanol–water partition coefficient (Wildman–Crippen LogP) is 6.18. The van der Waals surface area contributed by atoms with E-state index in [1.165, 1.54) is 37.8 Å². The predicted molar refractivity (Wildman–Crippen MR) is 148 cm³/mol. The Hall–Kier alpha value is -2.76. The maximum atomic E-state index is 5.61. The van der Waals surface area contributed by atoms with Gasteiger partial charge in [0, 0.05) is 26.0 Å². The lowest BCUT2D eigenvalue weighted by atomic mass is 9.83. The van der Waals surface area contributed by atoms with Crippen molar-refractivity contribution < 1.29 is 4.74 Å². The summed E-state index contributed by atoms with van der Waals surface area (Å²) in [5, 5.41) is 4.64. The van der Waals surface area contributed by atoms with E-state index in [-0.39, 0.29) is 0 Å². The number of benzene rings is 2. The first-order valence-corrected chi connectivity index (χ1v) is 12.9. The molecule has 0 saturated heterocycles. The number of para-hydroxylation sites is 1. The van der Waals surface area contributed by atoms with Crippen LogP contribution >= 0.6 is 0 Å². The Bertz CT molecular complexity index is 1030. The van der Waals surface area contributed by atoms with E-state index in [1.807, 2.05) is 68.4 Å². The zero-order valence-electron chi connectivity index (χ0n) is 21.9. The normalized spacial score (nSPS) is 17.8. The zero-order chi connectivity index (χ0) is 24.9. The molecule has 188 valence electrons. The first-order valence-electron chi connectivity index (χ1n) is 12.9. The van der Waals surface area contributed by atoms with Crippen LogP contribution in [0.2, 0.25) is 0 Å². The van der Waals surface area contributed by atoms with Crippen LogP contribution in [0, 0.1) is 18.8 Å². The van der Waals surface area contributed by atoms with Crippen LogP contribution in [0.3, 0.4) is 0 Å². The largest absolute Gasteiger partial charge is 0.373 e. The van der Waals surface area contributed by atoms with Crippen LogP contribution in [0.25, 0.3) is 10.9 Å². The van der Waals surface area contributed by atoms with E-state index >= 15 is 0 Å². The highest BCUT2D eigenvalue weighted by atomic mass is 16.5. The maximum absolute atomic E-state index is 5.61. The molecule has 0 atom stereocenters. The first kappa shape index (κ1) is 26.8. The van der Waals surface area contributed by atoms with Crippen molar-refractivity contribution in [1.29, 1.82) is 0 Å². The Morgan fingerprint density at radius 1 is 0.943 bits per heavy atom. The smallest absolute Gasteiger partial charge is 0.139 e. The van der Waals surface area contributed by atoms with Crippen molar-refractivity contribution in [3.63, 3.8) is 0 Å². The van der Waals surface area contributed by atoms with Gasteiger partial charge in [0.05, 0.1) is 18.7 Å². The molecule has 0 spiro atoms. The highest BCUT2D eigenvalue weighted by Crippen LogP contribution is 2.27. The van der Waals surface area contributed by atoms with E-state index in [0.29, 0.717) is 13.2 Å². The van der Waals surface area contributed by atoms with Crippen LogP contribution in [0.5, 0.6) is 0 Å². The van der Waals surface area contributed by atoms with Crippen molar-refractivity contribution in [2.24, 2.45) is 11.8 Å². The highest BCUT2D eigenvalue weighted by molar-refractivity contribution is 5.89. The standard InChI is InChI=1S/C19H29NO.C11H13N3/c1-17-9-11-18(12-10-17)15-20-13-5-6-14-21-16-19-7-3-2-4-8-19;1-8-12-10-7-5-4-6-9(10)11(13-8)14(2)3/h2-8,17-18,20H,9-16H2,1H3;4-7H,1-3H3/b6-5+;. The summed E-state index contributed by atoms with van der Waals surface area (Å²) in [6.45, 7) is 7.81.